The van der Waals surface area contributed by atoms with Gasteiger partial charge in [0.1, 0.15) is 5.82 Å². The van der Waals surface area contributed by atoms with Gasteiger partial charge in [-0.3, -0.25) is 4.79 Å². The lowest BCUT2D eigenvalue weighted by atomic mass is 10.1. The topological polar surface area (TPSA) is 29.5 Å². The number of nitrogens with zero attached hydrogens (tertiary/aromatic N) is 1. The predicted octanol–water partition coefficient (Wildman–Crippen LogP) is 3.11. The zero-order valence-corrected chi connectivity index (χ0v) is 12.2. The fourth-order valence-corrected chi connectivity index (χ4v) is 2.10. The van der Waals surface area contributed by atoms with E-state index < -0.39 is 5.82 Å². The smallest absolute Gasteiger partial charge is 0.228 e. The van der Waals surface area contributed by atoms with Gasteiger partial charge in [0.15, 0.2) is 0 Å². The number of carbonyl (C=O) groups is 1. The summed E-state index contributed by atoms with van der Waals surface area (Å²) in [6.07, 6.45) is 0.683. The molecule has 3 nitrogen and oxygen atoms in total. The van der Waals surface area contributed by atoms with Gasteiger partial charge in [0.25, 0.3) is 0 Å². The van der Waals surface area contributed by atoms with Crippen molar-refractivity contribution >= 4 is 17.5 Å². The van der Waals surface area contributed by atoms with Gasteiger partial charge < -0.3 is 9.64 Å². The standard InChI is InChI=1S/C14H19ClFNO2/c1-4-10(9-19-3)14(18)17(2)8-11-12(15)6-5-7-13(11)16/h5-7,10H,4,8-9H2,1-3H3. The van der Waals surface area contributed by atoms with Gasteiger partial charge in [0.2, 0.25) is 5.91 Å². The van der Waals surface area contributed by atoms with Crippen molar-refractivity contribution in [3.63, 3.8) is 0 Å². The molecule has 0 aliphatic heterocycles. The number of carbonyl (C=O) groups excluding carboxylic acids is 1. The molecule has 19 heavy (non-hydrogen) atoms. The molecule has 0 aliphatic carbocycles. The molecule has 0 saturated heterocycles. The Morgan fingerprint density at radius 3 is 2.74 bits per heavy atom. The lowest BCUT2D eigenvalue weighted by Crippen LogP contribution is -2.34. The number of methoxy groups -OCH3 is 1. The van der Waals surface area contributed by atoms with Crippen molar-refractivity contribution in [3.8, 4) is 0 Å². The van der Waals surface area contributed by atoms with Crippen LogP contribution in [-0.2, 0) is 16.1 Å². The van der Waals surface area contributed by atoms with Crippen LogP contribution in [0.1, 0.15) is 18.9 Å². The van der Waals surface area contributed by atoms with Crippen LogP contribution in [0.4, 0.5) is 4.39 Å². The van der Waals surface area contributed by atoms with E-state index in [-0.39, 0.29) is 18.4 Å². The molecular formula is C14H19ClFNO2. The number of amides is 1. The van der Waals surface area contributed by atoms with Gasteiger partial charge in [-0.25, -0.2) is 4.39 Å². The Labute approximate surface area is 118 Å². The number of hydrogen-bond donors (Lipinski definition) is 0. The molecule has 0 bridgehead atoms. The Balaban J connectivity index is 2.78. The van der Waals surface area contributed by atoms with Crippen molar-refractivity contribution in [2.45, 2.75) is 19.9 Å². The van der Waals surface area contributed by atoms with Crippen molar-refractivity contribution in [2.24, 2.45) is 5.92 Å². The highest BCUT2D eigenvalue weighted by molar-refractivity contribution is 6.31. The zero-order valence-electron chi connectivity index (χ0n) is 11.5. The fraction of sp³-hybridized carbons (Fsp3) is 0.500. The quantitative estimate of drug-likeness (QED) is 0.804. The largest absolute Gasteiger partial charge is 0.384 e. The minimum absolute atomic E-state index is 0.0660. The predicted molar refractivity (Wildman–Crippen MR) is 73.5 cm³/mol. The molecule has 0 aromatic heterocycles. The molecule has 1 atom stereocenters. The molecule has 1 aromatic carbocycles. The third-order valence-electron chi connectivity index (χ3n) is 3.04. The molecule has 1 rings (SSSR count). The highest BCUT2D eigenvalue weighted by Gasteiger charge is 2.21. The van der Waals surface area contributed by atoms with Gasteiger partial charge in [-0.15, -0.1) is 0 Å². The first kappa shape index (κ1) is 15.9. The Kier molecular flexibility index (Phi) is 6.25. The third kappa shape index (κ3) is 4.18. The van der Waals surface area contributed by atoms with Crippen molar-refractivity contribution in [1.82, 2.24) is 4.90 Å². The van der Waals surface area contributed by atoms with E-state index in [2.05, 4.69) is 0 Å². The molecule has 106 valence electrons. The molecule has 0 spiro atoms. The summed E-state index contributed by atoms with van der Waals surface area (Å²) in [5, 5.41) is 0.333. The number of benzene rings is 1. The lowest BCUT2D eigenvalue weighted by molar-refractivity contribution is -0.136. The third-order valence-corrected chi connectivity index (χ3v) is 3.40. The molecule has 5 heteroatoms. The van der Waals surface area contributed by atoms with Crippen molar-refractivity contribution in [3.05, 3.63) is 34.6 Å². The van der Waals surface area contributed by atoms with Crippen LogP contribution in [0.15, 0.2) is 18.2 Å². The molecule has 0 fully saturated rings. The van der Waals surface area contributed by atoms with Crippen LogP contribution in [0.2, 0.25) is 5.02 Å². The maximum atomic E-state index is 13.7. The van der Waals surface area contributed by atoms with Crippen LogP contribution in [0.3, 0.4) is 0 Å². The van der Waals surface area contributed by atoms with Gasteiger partial charge in [-0.2, -0.15) is 0 Å². The summed E-state index contributed by atoms with van der Waals surface area (Å²) < 4.78 is 18.7. The van der Waals surface area contributed by atoms with Gasteiger partial charge in [0.05, 0.1) is 12.5 Å². The van der Waals surface area contributed by atoms with E-state index in [0.717, 1.165) is 0 Å². The summed E-state index contributed by atoms with van der Waals surface area (Å²) in [5.74, 6) is -0.670. The van der Waals surface area contributed by atoms with Crippen molar-refractivity contribution < 1.29 is 13.9 Å². The molecule has 1 amide bonds. The molecule has 0 heterocycles. The SMILES string of the molecule is CCC(COC)C(=O)N(C)Cc1c(F)cccc1Cl. The average molecular weight is 288 g/mol. The van der Waals surface area contributed by atoms with E-state index in [1.54, 1.807) is 26.3 Å². The molecular weight excluding hydrogens is 269 g/mol. The number of ether oxygens (including phenoxy) is 1. The summed E-state index contributed by atoms with van der Waals surface area (Å²) in [6.45, 7) is 2.45. The van der Waals surface area contributed by atoms with E-state index in [4.69, 9.17) is 16.3 Å². The van der Waals surface area contributed by atoms with E-state index >= 15 is 0 Å². The normalized spacial score (nSPS) is 12.3. The summed E-state index contributed by atoms with van der Waals surface area (Å²) >= 11 is 5.95. The lowest BCUT2D eigenvalue weighted by Gasteiger charge is -2.23. The molecule has 0 saturated carbocycles. The average Bonchev–Trinajstić information content (AvgIpc) is 2.39. The number of halogens is 2. The summed E-state index contributed by atoms with van der Waals surface area (Å²) in [7, 11) is 3.20. The van der Waals surface area contributed by atoms with E-state index in [0.29, 0.717) is 23.6 Å². The molecule has 0 aliphatic rings. The van der Waals surface area contributed by atoms with E-state index in [1.165, 1.54) is 11.0 Å². The monoisotopic (exact) mass is 287 g/mol. The summed E-state index contributed by atoms with van der Waals surface area (Å²) in [5.41, 5.74) is 0.340. The van der Waals surface area contributed by atoms with Crippen molar-refractivity contribution in [1.29, 1.82) is 0 Å². The number of rotatable bonds is 6. The maximum absolute atomic E-state index is 13.7. The highest BCUT2D eigenvalue weighted by Crippen LogP contribution is 2.21. The molecule has 0 radical (unpaired) electrons. The molecule has 1 unspecified atom stereocenters. The second-order valence-corrected chi connectivity index (χ2v) is 4.86. The fourth-order valence-electron chi connectivity index (χ4n) is 1.88. The zero-order chi connectivity index (χ0) is 14.4. The Morgan fingerprint density at radius 2 is 2.21 bits per heavy atom. The van der Waals surface area contributed by atoms with Crippen LogP contribution >= 0.6 is 11.6 Å². The van der Waals surface area contributed by atoms with E-state index in [9.17, 15) is 9.18 Å². The first-order valence-corrected chi connectivity index (χ1v) is 6.55. The van der Waals surface area contributed by atoms with Gasteiger partial charge >= 0.3 is 0 Å². The van der Waals surface area contributed by atoms with Crippen LogP contribution in [0.25, 0.3) is 0 Å². The Bertz CT molecular complexity index is 419. The maximum Gasteiger partial charge on any atom is 0.228 e. The Hall–Kier alpha value is -1.13. The minimum atomic E-state index is -0.396. The second-order valence-electron chi connectivity index (χ2n) is 4.46. The van der Waals surface area contributed by atoms with Crippen molar-refractivity contribution in [2.75, 3.05) is 20.8 Å². The van der Waals surface area contributed by atoms with Crippen LogP contribution in [0.5, 0.6) is 0 Å². The summed E-state index contributed by atoms with van der Waals surface area (Å²) in [6, 6.07) is 4.50. The van der Waals surface area contributed by atoms with Crippen LogP contribution < -0.4 is 0 Å². The van der Waals surface area contributed by atoms with Crippen LogP contribution in [0, 0.1) is 11.7 Å². The molecule has 0 N–H and O–H groups in total. The second kappa shape index (κ2) is 7.46. The first-order chi connectivity index (χ1) is 9.01. The minimum Gasteiger partial charge on any atom is -0.384 e. The van der Waals surface area contributed by atoms with E-state index in [1.807, 2.05) is 6.92 Å². The van der Waals surface area contributed by atoms with Crippen LogP contribution in [-0.4, -0.2) is 31.6 Å². The molecule has 1 aromatic rings. The van der Waals surface area contributed by atoms with Gasteiger partial charge in [-0.1, -0.05) is 24.6 Å². The number of hydrogen-bond acceptors (Lipinski definition) is 2. The summed E-state index contributed by atoms with van der Waals surface area (Å²) in [4.78, 5) is 13.7. The van der Waals surface area contributed by atoms with Gasteiger partial charge in [0, 0.05) is 31.3 Å². The van der Waals surface area contributed by atoms with Gasteiger partial charge in [-0.05, 0) is 18.6 Å². The Morgan fingerprint density at radius 1 is 1.53 bits per heavy atom. The first-order valence-electron chi connectivity index (χ1n) is 6.18. The highest BCUT2D eigenvalue weighted by atomic mass is 35.5.